The highest BCUT2D eigenvalue weighted by Crippen LogP contribution is 2.19. The molecule has 0 amide bonds. The second kappa shape index (κ2) is 4.21. The molecule has 0 aliphatic carbocycles. The molecule has 0 spiro atoms. The Labute approximate surface area is 81.8 Å². The molecule has 0 fully saturated rings. The van der Waals surface area contributed by atoms with Crippen LogP contribution in [0.2, 0.25) is 0 Å². The van der Waals surface area contributed by atoms with Crippen molar-refractivity contribution in [3.63, 3.8) is 0 Å². The smallest absolute Gasteiger partial charge is 0.336 e. The van der Waals surface area contributed by atoms with Gasteiger partial charge < -0.3 is 5.11 Å². The largest absolute Gasteiger partial charge is 0.478 e. The first-order valence-corrected chi connectivity index (χ1v) is 4.89. The minimum absolute atomic E-state index is 0.0277. The second-order valence-electron chi connectivity index (χ2n) is 2.48. The maximum atomic E-state index is 10.8. The Morgan fingerprint density at radius 3 is 2.07 bits per heavy atom. The number of hydrogen-bond donors (Lipinski definition) is 2. The minimum Gasteiger partial charge on any atom is -0.478 e. The first-order valence-electron chi connectivity index (χ1n) is 3.45. The van der Waals surface area contributed by atoms with E-state index in [4.69, 9.17) is 9.66 Å². The molecule has 0 aromatic carbocycles. The minimum atomic E-state index is -4.59. The average molecular weight is 218 g/mol. The standard InChI is InChI=1S/C8H10O5S/c1-4-5(2)7(14(11,12)13)6(3)8(9)10/h4H,1,3H2,2H3,(H,9,10)(H,11,12,13). The Balaban J connectivity index is 5.73. The Morgan fingerprint density at radius 1 is 1.43 bits per heavy atom. The van der Waals surface area contributed by atoms with Gasteiger partial charge in [0.15, 0.2) is 0 Å². The predicted octanol–water partition coefficient (Wildman–Crippen LogP) is 0.975. The van der Waals surface area contributed by atoms with Gasteiger partial charge in [-0.05, 0) is 12.5 Å². The number of rotatable bonds is 4. The third-order valence-corrected chi connectivity index (χ3v) is 2.54. The van der Waals surface area contributed by atoms with E-state index in [2.05, 4.69) is 13.2 Å². The van der Waals surface area contributed by atoms with Crippen molar-refractivity contribution < 1.29 is 22.9 Å². The molecule has 6 heteroatoms. The summed E-state index contributed by atoms with van der Waals surface area (Å²) in [4.78, 5) is 9.74. The van der Waals surface area contributed by atoms with Crippen LogP contribution in [0.4, 0.5) is 0 Å². The highest BCUT2D eigenvalue weighted by Gasteiger charge is 2.23. The summed E-state index contributed by atoms with van der Waals surface area (Å²) in [5.41, 5.74) is -0.662. The van der Waals surface area contributed by atoms with Crippen molar-refractivity contribution in [1.82, 2.24) is 0 Å². The van der Waals surface area contributed by atoms with Crippen molar-refractivity contribution in [2.75, 3.05) is 0 Å². The van der Waals surface area contributed by atoms with Crippen molar-refractivity contribution in [3.05, 3.63) is 35.3 Å². The summed E-state index contributed by atoms with van der Waals surface area (Å²) in [6.45, 7) is 7.62. The van der Waals surface area contributed by atoms with E-state index in [0.717, 1.165) is 6.08 Å². The molecular formula is C8H10O5S. The molecule has 0 saturated heterocycles. The lowest BCUT2D eigenvalue weighted by Gasteiger charge is -2.05. The molecule has 0 aliphatic heterocycles. The van der Waals surface area contributed by atoms with Crippen LogP contribution in [0.3, 0.4) is 0 Å². The fraction of sp³-hybridized carbons (Fsp3) is 0.125. The van der Waals surface area contributed by atoms with Gasteiger partial charge in [-0.2, -0.15) is 8.42 Å². The molecular weight excluding hydrogens is 208 g/mol. The van der Waals surface area contributed by atoms with Gasteiger partial charge in [-0.3, -0.25) is 4.55 Å². The number of hydrogen-bond acceptors (Lipinski definition) is 3. The molecule has 2 N–H and O–H groups in total. The first kappa shape index (κ1) is 12.6. The lowest BCUT2D eigenvalue weighted by molar-refractivity contribution is -0.132. The molecule has 0 aromatic heterocycles. The van der Waals surface area contributed by atoms with Crippen molar-refractivity contribution in [1.29, 1.82) is 0 Å². The van der Waals surface area contributed by atoms with E-state index in [1.807, 2.05) is 0 Å². The van der Waals surface area contributed by atoms with Crippen molar-refractivity contribution >= 4 is 16.1 Å². The summed E-state index contributed by atoms with van der Waals surface area (Å²) in [6, 6.07) is 0. The van der Waals surface area contributed by atoms with E-state index >= 15 is 0 Å². The number of carboxylic acid groups (broad SMARTS) is 1. The zero-order valence-electron chi connectivity index (χ0n) is 7.52. The SMILES string of the molecule is C=CC(C)=C(C(=C)C(=O)O)S(=O)(=O)O. The quantitative estimate of drug-likeness (QED) is 0.417. The van der Waals surface area contributed by atoms with Gasteiger partial charge in [-0.15, -0.1) is 0 Å². The third kappa shape index (κ3) is 2.82. The van der Waals surface area contributed by atoms with Gasteiger partial charge >= 0.3 is 5.97 Å². The van der Waals surface area contributed by atoms with Crippen molar-refractivity contribution in [3.8, 4) is 0 Å². The van der Waals surface area contributed by atoms with E-state index in [1.54, 1.807) is 0 Å². The third-order valence-electron chi connectivity index (χ3n) is 1.45. The van der Waals surface area contributed by atoms with Crippen LogP contribution in [0.1, 0.15) is 6.92 Å². The van der Waals surface area contributed by atoms with Gasteiger partial charge in [0.25, 0.3) is 10.1 Å². The van der Waals surface area contributed by atoms with Crippen LogP contribution in [0.25, 0.3) is 0 Å². The second-order valence-corrected chi connectivity index (χ2v) is 3.83. The molecule has 0 atom stereocenters. The predicted molar refractivity (Wildman–Crippen MR) is 51.2 cm³/mol. The fourth-order valence-corrected chi connectivity index (χ4v) is 1.68. The molecule has 0 heterocycles. The number of carboxylic acids is 1. The molecule has 14 heavy (non-hydrogen) atoms. The van der Waals surface area contributed by atoms with Crippen molar-refractivity contribution in [2.24, 2.45) is 0 Å². The van der Waals surface area contributed by atoms with Crippen LogP contribution in [-0.2, 0) is 14.9 Å². The van der Waals surface area contributed by atoms with Gasteiger partial charge in [0.2, 0.25) is 0 Å². The maximum absolute atomic E-state index is 10.8. The van der Waals surface area contributed by atoms with E-state index in [0.29, 0.717) is 0 Å². The summed E-state index contributed by atoms with van der Waals surface area (Å²) in [6.07, 6.45) is 1.12. The van der Waals surface area contributed by atoms with Crippen LogP contribution in [0.5, 0.6) is 0 Å². The van der Waals surface area contributed by atoms with Gasteiger partial charge in [0.1, 0.15) is 4.91 Å². The Morgan fingerprint density at radius 2 is 1.86 bits per heavy atom. The Hall–Kier alpha value is -1.40. The molecule has 0 unspecified atom stereocenters. The van der Waals surface area contributed by atoms with Gasteiger partial charge in [0.05, 0.1) is 5.57 Å². The maximum Gasteiger partial charge on any atom is 0.336 e. The summed E-state index contributed by atoms with van der Waals surface area (Å²) in [7, 11) is -4.59. The summed E-state index contributed by atoms with van der Waals surface area (Å²) >= 11 is 0. The summed E-state index contributed by atoms with van der Waals surface area (Å²) < 4.78 is 30.3. The lowest BCUT2D eigenvalue weighted by atomic mass is 10.2. The lowest BCUT2D eigenvalue weighted by Crippen LogP contribution is -2.12. The zero-order valence-corrected chi connectivity index (χ0v) is 8.34. The van der Waals surface area contributed by atoms with Gasteiger partial charge in [-0.1, -0.05) is 19.2 Å². The summed E-state index contributed by atoms with van der Waals surface area (Å²) in [5, 5.41) is 8.52. The Kier molecular flexibility index (Phi) is 3.79. The van der Waals surface area contributed by atoms with Gasteiger partial charge in [-0.25, -0.2) is 4.79 Å². The molecule has 0 bridgehead atoms. The van der Waals surface area contributed by atoms with Crippen LogP contribution in [0, 0.1) is 0 Å². The van der Waals surface area contributed by atoms with E-state index in [9.17, 15) is 13.2 Å². The first-order chi connectivity index (χ1) is 6.21. The molecule has 0 saturated carbocycles. The molecule has 0 radical (unpaired) electrons. The summed E-state index contributed by atoms with van der Waals surface area (Å²) in [5.74, 6) is -1.51. The topological polar surface area (TPSA) is 91.7 Å². The fourth-order valence-electron chi connectivity index (χ4n) is 0.787. The number of allylic oxidation sites excluding steroid dienone is 2. The highest BCUT2D eigenvalue weighted by atomic mass is 32.2. The molecule has 0 aromatic rings. The monoisotopic (exact) mass is 218 g/mol. The molecule has 0 rings (SSSR count). The van der Waals surface area contributed by atoms with E-state index in [-0.39, 0.29) is 5.57 Å². The van der Waals surface area contributed by atoms with Crippen LogP contribution in [0.15, 0.2) is 35.3 Å². The number of aliphatic carboxylic acids is 1. The molecule has 0 aliphatic rings. The van der Waals surface area contributed by atoms with Crippen LogP contribution < -0.4 is 0 Å². The molecule has 5 nitrogen and oxygen atoms in total. The van der Waals surface area contributed by atoms with E-state index in [1.165, 1.54) is 6.92 Å². The zero-order chi connectivity index (χ0) is 11.5. The van der Waals surface area contributed by atoms with Gasteiger partial charge in [0, 0.05) is 0 Å². The van der Waals surface area contributed by atoms with E-state index < -0.39 is 26.6 Å². The van der Waals surface area contributed by atoms with Crippen molar-refractivity contribution in [2.45, 2.75) is 6.92 Å². The Bertz CT molecular complexity index is 413. The van der Waals surface area contributed by atoms with Crippen LogP contribution >= 0.6 is 0 Å². The van der Waals surface area contributed by atoms with Crippen LogP contribution in [-0.4, -0.2) is 24.0 Å². The number of carbonyl (C=O) groups is 1. The molecule has 78 valence electrons. The average Bonchev–Trinajstić information content (AvgIpc) is 2.01. The normalized spacial score (nSPS) is 13.0. The highest BCUT2D eigenvalue weighted by molar-refractivity contribution is 7.90.